The van der Waals surface area contributed by atoms with Crippen molar-refractivity contribution in [2.45, 2.75) is 39.8 Å². The number of aromatic nitrogens is 4. The summed E-state index contributed by atoms with van der Waals surface area (Å²) in [6, 6.07) is 79.3. The summed E-state index contributed by atoms with van der Waals surface area (Å²) in [5, 5.41) is 8.42. The summed E-state index contributed by atoms with van der Waals surface area (Å²) in [6.45, 7) is 12.7. The molecule has 0 N–H and O–H groups in total. The number of hydrogen-bond donors (Lipinski definition) is 0. The average Bonchev–Trinajstić information content (AvgIpc) is 4.12. The van der Waals surface area contributed by atoms with Crippen LogP contribution in [0.15, 0.2) is 253 Å². The normalized spacial score (nSPS) is 12.0. The standard InChI is InChI=1S/2C20H18N4.2C13H11N2.2Pt/c2*1-15(2)23-14-24(20-19(23)21-11-12-22-20)18-10-6-9-17(13-18)16-7-4-3-5-8-16;2*1-3-7-12(8-4-1)14-11-15-13-9-5-2-6-10-13;;/h2*3-9,11-15H,1-2H3;2*1-11H;;/q2*-2;2*-1;;. The molecular weight excluding hydrogens is 1350 g/mol. The number of benzene rings is 8. The van der Waals surface area contributed by atoms with Gasteiger partial charge in [-0.15, -0.1) is 48.0 Å². The molecule has 10 aromatic rings. The molecule has 0 spiro atoms. The topological polar surface area (TPSA) is 117 Å². The molecule has 80 heavy (non-hydrogen) atoms. The Morgan fingerprint density at radius 1 is 0.400 bits per heavy atom. The van der Waals surface area contributed by atoms with Crippen molar-refractivity contribution in [1.82, 2.24) is 19.9 Å². The minimum Gasteiger partial charge on any atom is -0.483 e. The molecule has 12 rings (SSSR count). The van der Waals surface area contributed by atoms with Crippen molar-refractivity contribution in [3.05, 3.63) is 279 Å². The molecule has 12 nitrogen and oxygen atoms in total. The molecule has 8 aromatic carbocycles. The SMILES string of the molecule is C(=Nc1ccccc1)[N-]c1ccccc1.C(=Nc1ccccc1)[N-]c1ccccc1.CC(C)N1[CH-]N(c2[c-]ccc(-c3ccccc3)c2)c2nccnc21.CC(C)N1[CH-]N(c2[c-]ccc(-c3ccccc3)c2)c2nccnc21.[Pt].[Pt]. The minimum absolute atomic E-state index is 0. The first-order valence-corrected chi connectivity index (χ1v) is 25.7. The molecule has 2 aliphatic heterocycles. The molecule has 408 valence electrons. The van der Waals surface area contributed by atoms with Crippen LogP contribution < -0.4 is 19.6 Å². The van der Waals surface area contributed by atoms with E-state index in [4.69, 9.17) is 0 Å². The van der Waals surface area contributed by atoms with Crippen LogP contribution in [0.2, 0.25) is 0 Å². The number of hydrogen-bond acceptors (Lipinski definition) is 10. The van der Waals surface area contributed by atoms with Crippen molar-refractivity contribution in [2.75, 3.05) is 19.6 Å². The fraction of sp³-hybridized carbons (Fsp3) is 0.0909. The van der Waals surface area contributed by atoms with Gasteiger partial charge >= 0.3 is 0 Å². The van der Waals surface area contributed by atoms with Gasteiger partial charge < -0.3 is 40.2 Å². The zero-order valence-electron chi connectivity index (χ0n) is 44.6. The maximum atomic E-state index is 4.52. The van der Waals surface area contributed by atoms with Crippen LogP contribution in [0.5, 0.6) is 0 Å². The van der Waals surface area contributed by atoms with Crippen LogP contribution in [0.25, 0.3) is 32.9 Å². The molecule has 2 aliphatic rings. The third kappa shape index (κ3) is 16.3. The number of anilines is 6. The summed E-state index contributed by atoms with van der Waals surface area (Å²) < 4.78 is 0. The van der Waals surface area contributed by atoms with Crippen molar-refractivity contribution < 1.29 is 42.1 Å². The molecule has 2 aromatic heterocycles. The molecule has 0 atom stereocenters. The van der Waals surface area contributed by atoms with Gasteiger partial charge in [0.05, 0.1) is 0 Å². The summed E-state index contributed by atoms with van der Waals surface area (Å²) in [5.41, 5.74) is 10.3. The molecule has 0 bridgehead atoms. The van der Waals surface area contributed by atoms with Crippen molar-refractivity contribution >= 4 is 70.1 Å². The predicted molar refractivity (Wildman–Crippen MR) is 322 cm³/mol. The Hall–Kier alpha value is -8.56. The van der Waals surface area contributed by atoms with Crippen LogP contribution in [0.1, 0.15) is 27.7 Å². The van der Waals surface area contributed by atoms with Gasteiger partial charge in [0.15, 0.2) is 0 Å². The smallest absolute Gasteiger partial charge is 0.144 e. The number of rotatable bonds is 12. The van der Waals surface area contributed by atoms with E-state index in [-0.39, 0.29) is 42.1 Å². The molecule has 0 radical (unpaired) electrons. The Kier molecular flexibility index (Phi) is 22.6. The summed E-state index contributed by atoms with van der Waals surface area (Å²) in [7, 11) is 0. The fourth-order valence-electron chi connectivity index (χ4n) is 8.11. The first kappa shape index (κ1) is 59.1. The number of nitrogens with zero attached hydrogens (tertiary/aromatic N) is 12. The molecule has 14 heteroatoms. The number of aliphatic imine (C=N–C) groups is 2. The van der Waals surface area contributed by atoms with Crippen LogP contribution in [0, 0.1) is 25.5 Å². The number of fused-ring (bicyclic) bond motifs is 2. The maximum absolute atomic E-state index is 4.52. The molecule has 4 heterocycles. The summed E-state index contributed by atoms with van der Waals surface area (Å²) in [4.78, 5) is 34.8. The maximum Gasteiger partial charge on any atom is 0.144 e. The predicted octanol–water partition coefficient (Wildman–Crippen LogP) is 17.0. The van der Waals surface area contributed by atoms with Gasteiger partial charge in [-0.05, 0) is 73.7 Å². The van der Waals surface area contributed by atoms with Crippen molar-refractivity contribution in [2.24, 2.45) is 9.98 Å². The Bertz CT molecular complexity index is 3220. The van der Waals surface area contributed by atoms with Crippen LogP contribution in [-0.4, -0.2) is 44.7 Å². The van der Waals surface area contributed by atoms with Gasteiger partial charge in [-0.1, -0.05) is 195 Å². The van der Waals surface area contributed by atoms with Crippen LogP contribution in [-0.2, 0) is 42.1 Å². The Labute approximate surface area is 499 Å². The van der Waals surface area contributed by atoms with E-state index in [1.807, 2.05) is 146 Å². The third-order valence-electron chi connectivity index (χ3n) is 12.0. The van der Waals surface area contributed by atoms with Gasteiger partial charge in [-0.3, -0.25) is 0 Å². The fourth-order valence-corrected chi connectivity index (χ4v) is 8.11. The van der Waals surface area contributed by atoms with Gasteiger partial charge in [-0.25, -0.2) is 19.9 Å². The average molecular weight is 1410 g/mol. The van der Waals surface area contributed by atoms with E-state index in [1.54, 1.807) is 37.5 Å². The zero-order valence-corrected chi connectivity index (χ0v) is 49.1. The van der Waals surface area contributed by atoms with E-state index >= 15 is 0 Å². The van der Waals surface area contributed by atoms with Crippen molar-refractivity contribution in [3.63, 3.8) is 0 Å². The molecule has 0 fully saturated rings. The van der Waals surface area contributed by atoms with E-state index in [9.17, 15) is 0 Å². The molecule has 0 aliphatic carbocycles. The van der Waals surface area contributed by atoms with Crippen LogP contribution in [0.3, 0.4) is 0 Å². The molecule has 0 saturated carbocycles. The molecular formula is C66H58N12Pt2-6. The largest absolute Gasteiger partial charge is 0.483 e. The van der Waals surface area contributed by atoms with E-state index in [0.717, 1.165) is 68.5 Å². The van der Waals surface area contributed by atoms with Gasteiger partial charge in [-0.2, -0.15) is 36.4 Å². The second kappa shape index (κ2) is 30.5. The van der Waals surface area contributed by atoms with E-state index in [0.29, 0.717) is 12.1 Å². The summed E-state index contributed by atoms with van der Waals surface area (Å²) in [6.07, 6.45) is 10.1. The van der Waals surface area contributed by atoms with Gasteiger partial charge in [0.1, 0.15) is 23.3 Å². The number of para-hydroxylation sites is 4. The monoisotopic (exact) mass is 1410 g/mol. The van der Waals surface area contributed by atoms with Crippen LogP contribution in [0.4, 0.5) is 57.4 Å². The first-order chi connectivity index (χ1) is 38.4. The van der Waals surface area contributed by atoms with Crippen molar-refractivity contribution in [1.29, 1.82) is 0 Å². The Morgan fingerprint density at radius 3 is 1.05 bits per heavy atom. The second-order valence-corrected chi connectivity index (χ2v) is 18.1. The second-order valence-electron chi connectivity index (χ2n) is 18.1. The Morgan fingerprint density at radius 2 is 0.713 bits per heavy atom. The quantitative estimate of drug-likeness (QED) is 0.0674. The van der Waals surface area contributed by atoms with E-state index in [1.165, 1.54) is 11.1 Å². The van der Waals surface area contributed by atoms with Crippen LogP contribution >= 0.6 is 0 Å². The van der Waals surface area contributed by atoms with Gasteiger partial charge in [0, 0.05) is 66.9 Å². The van der Waals surface area contributed by atoms with E-state index < -0.39 is 0 Å². The molecule has 0 saturated heterocycles. The third-order valence-corrected chi connectivity index (χ3v) is 12.0. The van der Waals surface area contributed by atoms with Gasteiger partial charge in [0.25, 0.3) is 0 Å². The summed E-state index contributed by atoms with van der Waals surface area (Å²) in [5.74, 6) is 3.44. The first-order valence-electron chi connectivity index (χ1n) is 25.7. The van der Waals surface area contributed by atoms with Crippen molar-refractivity contribution in [3.8, 4) is 22.3 Å². The van der Waals surface area contributed by atoms with E-state index in [2.05, 4.69) is 186 Å². The zero-order chi connectivity index (χ0) is 53.7. The van der Waals surface area contributed by atoms with Gasteiger partial charge in [0.2, 0.25) is 0 Å². The Balaban J connectivity index is 0.000000157. The molecule has 0 unspecified atom stereocenters. The summed E-state index contributed by atoms with van der Waals surface area (Å²) >= 11 is 0. The molecule has 0 amide bonds. The minimum atomic E-state index is 0.